The van der Waals surface area contributed by atoms with E-state index < -0.39 is 26.6 Å². The second kappa shape index (κ2) is 50.3. The molecule has 0 saturated carbocycles. The number of carbonyl (C=O) groups excluding carboxylic acids is 2. The number of unbranched alkanes of at least 4 members (excludes halogenated alkanes) is 30. The van der Waals surface area contributed by atoms with E-state index in [4.69, 9.17) is 13.8 Å². The first-order valence-electron chi connectivity index (χ1n) is 29.1. The fourth-order valence-corrected chi connectivity index (χ4v) is 8.95. The van der Waals surface area contributed by atoms with Crippen LogP contribution in [-0.4, -0.2) is 69.4 Å². The number of nitrogens with zero attached hydrogens (tertiary/aromatic N) is 1. The summed E-state index contributed by atoms with van der Waals surface area (Å²) in [4.78, 5) is 39.9. The van der Waals surface area contributed by atoms with E-state index in [1.54, 1.807) is 0 Å². The van der Waals surface area contributed by atoms with Gasteiger partial charge < -0.3 is 28.5 Å². The summed E-state index contributed by atoms with van der Waals surface area (Å²) in [5.74, 6) is -0.562. The molecule has 1 N–H and O–H groups in total. The molecule has 0 aromatic rings. The molecule has 408 valence electrons. The van der Waals surface area contributed by atoms with Gasteiger partial charge in [0, 0.05) is 12.8 Å². The minimum atomic E-state index is -4.70. The molecule has 0 spiro atoms. The van der Waals surface area contributed by atoms with Crippen molar-refractivity contribution in [3.05, 3.63) is 60.8 Å². The van der Waals surface area contributed by atoms with Crippen molar-refractivity contribution in [2.45, 2.75) is 270 Å². The van der Waals surface area contributed by atoms with Crippen molar-refractivity contribution < 1.29 is 37.3 Å². The summed E-state index contributed by atoms with van der Waals surface area (Å²) < 4.78 is 30.2. The highest BCUT2D eigenvalue weighted by molar-refractivity contribution is 7.45. The van der Waals surface area contributed by atoms with E-state index in [0.717, 1.165) is 89.9 Å². The average molecular weight is 1000 g/mol. The molecule has 0 radical (unpaired) electrons. The topological polar surface area (TPSA) is 114 Å². The SMILES string of the molecule is CC/C=C/C=C/C=C/CCCCCCCCCC(=O)OC(/C=C/CCCCCCCCCCCCC)C(COP(=O)([O-])OCC[N+](C)(C)C)NC(=O)CCCCCCC/C=C/CCCCCCCCC. The van der Waals surface area contributed by atoms with Crippen molar-refractivity contribution in [3.8, 4) is 0 Å². The van der Waals surface area contributed by atoms with Gasteiger partial charge in [-0.15, -0.1) is 0 Å². The summed E-state index contributed by atoms with van der Waals surface area (Å²) in [6.07, 6.45) is 61.8. The Labute approximate surface area is 432 Å². The number of rotatable bonds is 52. The van der Waals surface area contributed by atoms with Crippen molar-refractivity contribution in [2.24, 2.45) is 0 Å². The fraction of sp³-hybridized carbons (Fsp3) is 0.800. The first-order chi connectivity index (χ1) is 33.9. The number of phosphoric acid groups is 1. The van der Waals surface area contributed by atoms with Crippen LogP contribution in [0.3, 0.4) is 0 Å². The van der Waals surface area contributed by atoms with Crippen LogP contribution in [0.15, 0.2) is 60.8 Å². The largest absolute Gasteiger partial charge is 0.756 e. The Hall–Kier alpha value is -2.29. The Morgan fingerprint density at radius 3 is 1.40 bits per heavy atom. The zero-order chi connectivity index (χ0) is 51.5. The van der Waals surface area contributed by atoms with E-state index in [2.05, 4.69) is 74.7 Å². The van der Waals surface area contributed by atoms with Crippen LogP contribution in [0.2, 0.25) is 0 Å². The van der Waals surface area contributed by atoms with E-state index in [1.807, 2.05) is 33.3 Å². The molecule has 0 saturated heterocycles. The molecule has 0 aliphatic heterocycles. The highest BCUT2D eigenvalue weighted by Gasteiger charge is 2.27. The van der Waals surface area contributed by atoms with Crippen LogP contribution in [0.5, 0.6) is 0 Å². The number of carbonyl (C=O) groups is 2. The molecular weight excluding hydrogens is 892 g/mol. The molecule has 0 aromatic heterocycles. The molecule has 10 heteroatoms. The number of hydrogen-bond donors (Lipinski definition) is 1. The number of ether oxygens (including phenoxy) is 1. The maximum atomic E-state index is 13.5. The molecule has 0 aliphatic rings. The van der Waals surface area contributed by atoms with Gasteiger partial charge in [-0.3, -0.25) is 14.2 Å². The van der Waals surface area contributed by atoms with Crippen LogP contribution in [0, 0.1) is 0 Å². The third-order valence-corrected chi connectivity index (χ3v) is 13.7. The Bertz CT molecular complexity index is 1390. The summed E-state index contributed by atoms with van der Waals surface area (Å²) in [5.41, 5.74) is 0. The van der Waals surface area contributed by atoms with Gasteiger partial charge in [0.05, 0.1) is 33.8 Å². The Morgan fingerprint density at radius 2 is 0.929 bits per heavy atom. The molecule has 0 fully saturated rings. The lowest BCUT2D eigenvalue weighted by molar-refractivity contribution is -0.870. The van der Waals surface area contributed by atoms with E-state index in [-0.39, 0.29) is 24.9 Å². The van der Waals surface area contributed by atoms with Gasteiger partial charge in [0.1, 0.15) is 19.3 Å². The van der Waals surface area contributed by atoms with Crippen molar-refractivity contribution in [1.29, 1.82) is 0 Å². The Kier molecular flexibility index (Phi) is 48.6. The van der Waals surface area contributed by atoms with Crippen LogP contribution in [0.25, 0.3) is 0 Å². The lowest BCUT2D eigenvalue weighted by atomic mass is 10.0. The normalized spacial score (nSPS) is 14.2. The first kappa shape index (κ1) is 67.7. The number of likely N-dealkylation sites (N-methyl/N-ethyl adjacent to an activating group) is 1. The molecule has 0 aliphatic carbocycles. The van der Waals surface area contributed by atoms with E-state index in [9.17, 15) is 19.0 Å². The summed E-state index contributed by atoms with van der Waals surface area (Å²) >= 11 is 0. The molecule has 70 heavy (non-hydrogen) atoms. The Morgan fingerprint density at radius 1 is 0.514 bits per heavy atom. The van der Waals surface area contributed by atoms with E-state index >= 15 is 0 Å². The number of quaternary nitrogens is 1. The summed E-state index contributed by atoms with van der Waals surface area (Å²) in [7, 11) is 1.17. The van der Waals surface area contributed by atoms with Gasteiger partial charge in [0.15, 0.2) is 0 Å². The molecule has 9 nitrogen and oxygen atoms in total. The lowest BCUT2D eigenvalue weighted by Gasteiger charge is -2.30. The van der Waals surface area contributed by atoms with Gasteiger partial charge in [-0.2, -0.15) is 0 Å². The smallest absolute Gasteiger partial charge is 0.306 e. The summed E-state index contributed by atoms with van der Waals surface area (Å²) in [6.45, 7) is 6.70. The van der Waals surface area contributed by atoms with Crippen molar-refractivity contribution in [3.63, 3.8) is 0 Å². The van der Waals surface area contributed by atoms with E-state index in [0.29, 0.717) is 23.9 Å². The van der Waals surface area contributed by atoms with Crippen LogP contribution < -0.4 is 10.2 Å². The van der Waals surface area contributed by atoms with Crippen molar-refractivity contribution in [2.75, 3.05) is 40.9 Å². The van der Waals surface area contributed by atoms with Gasteiger partial charge >= 0.3 is 5.97 Å². The van der Waals surface area contributed by atoms with Crippen LogP contribution in [-0.2, 0) is 27.9 Å². The van der Waals surface area contributed by atoms with Crippen molar-refractivity contribution in [1.82, 2.24) is 5.32 Å². The molecular formula is C60H111N2O7P. The molecule has 0 heterocycles. The predicted octanol–water partition coefficient (Wildman–Crippen LogP) is 16.9. The Balaban J connectivity index is 5.39. The standard InChI is InChI=1S/C60H111N2O7P/c1-7-10-13-16-19-22-25-28-30-32-34-37-40-43-46-49-52-59(63)61-57(56-68-70(65,66)67-55-54-62(4,5)6)58(51-48-45-42-39-36-33-27-24-21-18-15-12-9-3)69-60(64)53-50-47-44-41-38-35-31-29-26-23-20-17-14-11-8-2/h11,14,17,20,23,26,30,32,48,51,57-58H,7-10,12-13,15-16,18-19,21-22,24-25,27-29,31,33-47,49-50,52-56H2,1-6H3,(H-,61,63,65,66)/b14-11+,20-17+,26-23+,32-30+,51-48+. The molecule has 0 rings (SSSR count). The van der Waals surface area contributed by atoms with Crippen molar-refractivity contribution >= 4 is 19.7 Å². The summed E-state index contributed by atoms with van der Waals surface area (Å²) in [6, 6.07) is -0.897. The zero-order valence-electron chi connectivity index (χ0n) is 46.5. The number of phosphoric ester groups is 1. The second-order valence-corrected chi connectivity index (χ2v) is 22.2. The number of amides is 1. The molecule has 1 amide bonds. The molecule has 3 unspecified atom stereocenters. The average Bonchev–Trinajstić information content (AvgIpc) is 3.32. The highest BCUT2D eigenvalue weighted by Crippen LogP contribution is 2.38. The third-order valence-electron chi connectivity index (χ3n) is 12.7. The monoisotopic (exact) mass is 1000 g/mol. The first-order valence-corrected chi connectivity index (χ1v) is 30.6. The lowest BCUT2D eigenvalue weighted by Crippen LogP contribution is -2.47. The van der Waals surface area contributed by atoms with Crippen LogP contribution in [0.4, 0.5) is 0 Å². The molecule has 0 bridgehead atoms. The highest BCUT2D eigenvalue weighted by atomic mass is 31.2. The molecule has 3 atom stereocenters. The molecule has 0 aromatic carbocycles. The predicted molar refractivity (Wildman–Crippen MR) is 298 cm³/mol. The number of nitrogens with one attached hydrogen (secondary N) is 1. The van der Waals surface area contributed by atoms with Gasteiger partial charge in [-0.25, -0.2) is 0 Å². The van der Waals surface area contributed by atoms with Gasteiger partial charge in [-0.1, -0.05) is 230 Å². The zero-order valence-corrected chi connectivity index (χ0v) is 47.4. The van der Waals surface area contributed by atoms with E-state index in [1.165, 1.54) is 128 Å². The van der Waals surface area contributed by atoms with Gasteiger partial charge in [-0.05, 0) is 76.7 Å². The van der Waals surface area contributed by atoms with Gasteiger partial charge in [0.25, 0.3) is 7.82 Å². The van der Waals surface area contributed by atoms with Gasteiger partial charge in [0.2, 0.25) is 5.91 Å². The third kappa shape index (κ3) is 50.6. The summed E-state index contributed by atoms with van der Waals surface area (Å²) in [5, 5.41) is 3.02. The minimum Gasteiger partial charge on any atom is -0.756 e. The quantitative estimate of drug-likeness (QED) is 0.0161. The number of allylic oxidation sites excluding steroid dienone is 9. The fourth-order valence-electron chi connectivity index (χ4n) is 8.22. The number of hydrogen-bond acceptors (Lipinski definition) is 7. The van der Waals surface area contributed by atoms with Crippen LogP contribution in [0.1, 0.15) is 258 Å². The maximum Gasteiger partial charge on any atom is 0.306 e. The second-order valence-electron chi connectivity index (χ2n) is 20.8. The number of esters is 1. The minimum absolute atomic E-state index is 0.0271. The maximum absolute atomic E-state index is 13.5. The van der Waals surface area contributed by atoms with Crippen LogP contribution >= 0.6 is 7.82 Å².